The highest BCUT2D eigenvalue weighted by Crippen LogP contribution is 2.11. The SMILES string of the molecule is C#Cc1cccc(NC(=O)CNc2ccc(C#N)cc2)c1. The van der Waals surface area contributed by atoms with E-state index < -0.39 is 0 Å². The number of carbonyl (C=O) groups excluding carboxylic acids is 1. The lowest BCUT2D eigenvalue weighted by atomic mass is 10.2. The van der Waals surface area contributed by atoms with E-state index in [-0.39, 0.29) is 12.5 Å². The van der Waals surface area contributed by atoms with Gasteiger partial charge in [0.25, 0.3) is 0 Å². The molecule has 2 rings (SSSR count). The molecule has 0 bridgehead atoms. The van der Waals surface area contributed by atoms with Crippen molar-refractivity contribution in [2.45, 2.75) is 0 Å². The molecule has 0 unspecified atom stereocenters. The van der Waals surface area contributed by atoms with Crippen molar-refractivity contribution in [1.82, 2.24) is 0 Å². The van der Waals surface area contributed by atoms with Gasteiger partial charge >= 0.3 is 0 Å². The van der Waals surface area contributed by atoms with Gasteiger partial charge in [0.1, 0.15) is 0 Å². The molecule has 0 aliphatic carbocycles. The molecule has 2 aromatic carbocycles. The van der Waals surface area contributed by atoms with Crippen LogP contribution in [0.1, 0.15) is 11.1 Å². The molecule has 0 aliphatic heterocycles. The molecular weight excluding hydrogens is 262 g/mol. The van der Waals surface area contributed by atoms with Gasteiger partial charge in [-0.1, -0.05) is 12.0 Å². The molecule has 0 heterocycles. The highest BCUT2D eigenvalue weighted by atomic mass is 16.1. The molecule has 0 aliphatic rings. The van der Waals surface area contributed by atoms with E-state index in [0.717, 1.165) is 5.69 Å². The summed E-state index contributed by atoms with van der Waals surface area (Å²) < 4.78 is 0. The fraction of sp³-hybridized carbons (Fsp3) is 0.0588. The number of amides is 1. The predicted molar refractivity (Wildman–Crippen MR) is 82.7 cm³/mol. The standard InChI is InChI=1S/C17H13N3O/c1-2-13-4-3-5-16(10-13)20-17(21)12-19-15-8-6-14(11-18)7-9-15/h1,3-10,19H,12H2,(H,20,21). The summed E-state index contributed by atoms with van der Waals surface area (Å²) in [7, 11) is 0. The quantitative estimate of drug-likeness (QED) is 0.843. The second-order valence-electron chi connectivity index (χ2n) is 4.32. The monoisotopic (exact) mass is 275 g/mol. The van der Waals surface area contributed by atoms with Gasteiger partial charge in [-0.15, -0.1) is 6.42 Å². The number of nitriles is 1. The van der Waals surface area contributed by atoms with Crippen LogP contribution in [0, 0.1) is 23.7 Å². The first-order valence-corrected chi connectivity index (χ1v) is 6.32. The van der Waals surface area contributed by atoms with Gasteiger partial charge in [-0.3, -0.25) is 4.79 Å². The predicted octanol–water partition coefficient (Wildman–Crippen LogP) is 2.59. The summed E-state index contributed by atoms with van der Waals surface area (Å²) in [6.07, 6.45) is 5.31. The minimum atomic E-state index is -0.173. The molecule has 1 amide bonds. The van der Waals surface area contributed by atoms with Crippen LogP contribution in [0.4, 0.5) is 11.4 Å². The van der Waals surface area contributed by atoms with Crippen LogP contribution in [0.15, 0.2) is 48.5 Å². The van der Waals surface area contributed by atoms with Crippen LogP contribution in [-0.4, -0.2) is 12.5 Å². The molecule has 102 valence electrons. The Morgan fingerprint density at radius 2 is 1.86 bits per heavy atom. The van der Waals surface area contributed by atoms with Gasteiger partial charge in [0.05, 0.1) is 18.2 Å². The number of carbonyl (C=O) groups is 1. The van der Waals surface area contributed by atoms with Crippen LogP contribution >= 0.6 is 0 Å². The maximum Gasteiger partial charge on any atom is 0.243 e. The van der Waals surface area contributed by atoms with Crippen LogP contribution in [0.5, 0.6) is 0 Å². The fourth-order valence-corrected chi connectivity index (χ4v) is 1.74. The van der Waals surface area contributed by atoms with Gasteiger partial charge in [0.2, 0.25) is 5.91 Å². The van der Waals surface area contributed by atoms with Crippen LogP contribution < -0.4 is 10.6 Å². The van der Waals surface area contributed by atoms with Crippen LogP contribution in [-0.2, 0) is 4.79 Å². The van der Waals surface area contributed by atoms with Gasteiger partial charge < -0.3 is 10.6 Å². The summed E-state index contributed by atoms with van der Waals surface area (Å²) in [5, 5.41) is 14.4. The fourth-order valence-electron chi connectivity index (χ4n) is 1.74. The zero-order valence-electron chi connectivity index (χ0n) is 11.3. The normalized spacial score (nSPS) is 9.24. The first kappa shape index (κ1) is 14.2. The number of hydrogen-bond donors (Lipinski definition) is 2. The van der Waals surface area contributed by atoms with E-state index in [2.05, 4.69) is 16.6 Å². The molecule has 0 saturated heterocycles. The summed E-state index contributed by atoms with van der Waals surface area (Å²) in [5.41, 5.74) is 2.74. The lowest BCUT2D eigenvalue weighted by molar-refractivity contribution is -0.114. The second-order valence-corrected chi connectivity index (χ2v) is 4.32. The summed E-state index contributed by atoms with van der Waals surface area (Å²) in [5.74, 6) is 2.34. The highest BCUT2D eigenvalue weighted by Gasteiger charge is 2.02. The van der Waals surface area contributed by atoms with Crippen LogP contribution in [0.2, 0.25) is 0 Å². The van der Waals surface area contributed by atoms with E-state index in [0.29, 0.717) is 16.8 Å². The van der Waals surface area contributed by atoms with Crippen molar-refractivity contribution in [2.75, 3.05) is 17.2 Å². The van der Waals surface area contributed by atoms with Crippen molar-refractivity contribution in [2.24, 2.45) is 0 Å². The first-order valence-electron chi connectivity index (χ1n) is 6.32. The first-order chi connectivity index (χ1) is 10.2. The molecule has 2 aromatic rings. The average Bonchev–Trinajstić information content (AvgIpc) is 2.53. The zero-order chi connectivity index (χ0) is 15.1. The Kier molecular flexibility index (Phi) is 4.58. The van der Waals surface area contributed by atoms with Crippen molar-refractivity contribution in [1.29, 1.82) is 5.26 Å². The minimum absolute atomic E-state index is 0.131. The Bertz CT molecular complexity index is 721. The van der Waals surface area contributed by atoms with Gasteiger partial charge in [-0.25, -0.2) is 0 Å². The van der Waals surface area contributed by atoms with Crippen molar-refractivity contribution in [3.63, 3.8) is 0 Å². The van der Waals surface area contributed by atoms with Crippen LogP contribution in [0.25, 0.3) is 0 Å². The molecule has 0 saturated carbocycles. The number of nitrogens with zero attached hydrogens (tertiary/aromatic N) is 1. The van der Waals surface area contributed by atoms with Crippen LogP contribution in [0.3, 0.4) is 0 Å². The summed E-state index contributed by atoms with van der Waals surface area (Å²) in [6, 6.07) is 16.0. The van der Waals surface area contributed by atoms with Gasteiger partial charge in [-0.2, -0.15) is 5.26 Å². The van der Waals surface area contributed by atoms with E-state index in [4.69, 9.17) is 11.7 Å². The molecule has 2 N–H and O–H groups in total. The molecule has 0 aromatic heterocycles. The largest absolute Gasteiger partial charge is 0.376 e. The Morgan fingerprint density at radius 3 is 2.52 bits per heavy atom. The number of hydrogen-bond acceptors (Lipinski definition) is 3. The number of nitrogens with one attached hydrogen (secondary N) is 2. The molecule has 0 radical (unpaired) electrons. The Labute approximate surface area is 123 Å². The van der Waals surface area contributed by atoms with E-state index in [1.165, 1.54) is 0 Å². The molecule has 0 fully saturated rings. The maximum absolute atomic E-state index is 11.8. The van der Waals surface area contributed by atoms with Crippen molar-refractivity contribution < 1.29 is 4.79 Å². The molecule has 4 heteroatoms. The number of rotatable bonds is 4. The summed E-state index contributed by atoms with van der Waals surface area (Å²) >= 11 is 0. The number of terminal acetylenes is 1. The Balaban J connectivity index is 1.89. The van der Waals surface area contributed by atoms with Crippen molar-refractivity contribution in [3.05, 3.63) is 59.7 Å². The number of anilines is 2. The Morgan fingerprint density at radius 1 is 1.10 bits per heavy atom. The molecule has 0 atom stereocenters. The Hall–Kier alpha value is -3.24. The van der Waals surface area contributed by atoms with Gasteiger partial charge in [-0.05, 0) is 42.5 Å². The van der Waals surface area contributed by atoms with Gasteiger partial charge in [0, 0.05) is 16.9 Å². The zero-order valence-corrected chi connectivity index (χ0v) is 11.3. The lowest BCUT2D eigenvalue weighted by Crippen LogP contribution is -2.21. The lowest BCUT2D eigenvalue weighted by Gasteiger charge is -2.08. The third kappa shape index (κ3) is 4.12. The smallest absolute Gasteiger partial charge is 0.243 e. The summed E-state index contributed by atoms with van der Waals surface area (Å²) in [4.78, 5) is 11.8. The third-order valence-corrected chi connectivity index (χ3v) is 2.78. The van der Waals surface area contributed by atoms with E-state index >= 15 is 0 Å². The minimum Gasteiger partial charge on any atom is -0.376 e. The third-order valence-electron chi connectivity index (χ3n) is 2.78. The molecular formula is C17H13N3O. The maximum atomic E-state index is 11.8. The molecule has 4 nitrogen and oxygen atoms in total. The van der Waals surface area contributed by atoms with Gasteiger partial charge in [0.15, 0.2) is 0 Å². The average molecular weight is 275 g/mol. The topological polar surface area (TPSA) is 64.9 Å². The highest BCUT2D eigenvalue weighted by molar-refractivity contribution is 5.93. The number of benzene rings is 2. The second kappa shape index (κ2) is 6.79. The van der Waals surface area contributed by atoms with E-state index in [9.17, 15) is 4.79 Å². The van der Waals surface area contributed by atoms with Crippen molar-refractivity contribution in [3.8, 4) is 18.4 Å². The van der Waals surface area contributed by atoms with Crippen molar-refractivity contribution >= 4 is 17.3 Å². The molecule has 21 heavy (non-hydrogen) atoms. The molecule has 0 spiro atoms. The van der Waals surface area contributed by atoms with E-state index in [1.807, 2.05) is 6.07 Å². The van der Waals surface area contributed by atoms with E-state index in [1.54, 1.807) is 48.5 Å². The summed E-state index contributed by atoms with van der Waals surface area (Å²) in [6.45, 7) is 0.131.